The van der Waals surface area contributed by atoms with E-state index in [1.165, 1.54) is 32.1 Å². The quantitative estimate of drug-likeness (QED) is 0.589. The molecule has 0 aromatic rings. The minimum Gasteiger partial charge on any atom is -0.393 e. The van der Waals surface area contributed by atoms with Crippen molar-refractivity contribution in [3.8, 4) is 0 Å². The van der Waals surface area contributed by atoms with Gasteiger partial charge < -0.3 is 5.11 Å². The maximum atomic E-state index is 9.61. The fraction of sp³-hybridized carbons (Fsp3) is 1.00. The maximum absolute atomic E-state index is 9.61. The number of aliphatic hydroxyl groups is 1. The molecule has 0 aromatic carbocycles. The van der Waals surface area contributed by atoms with Gasteiger partial charge in [0.1, 0.15) is 0 Å². The Labute approximate surface area is 75.2 Å². The average molecular weight is 168 g/mol. The van der Waals surface area contributed by atoms with Crippen LogP contribution in [0, 0.1) is 11.3 Å². The third kappa shape index (κ3) is 1.39. The van der Waals surface area contributed by atoms with Crippen LogP contribution in [0.4, 0.5) is 0 Å². The van der Waals surface area contributed by atoms with Gasteiger partial charge in [0, 0.05) is 0 Å². The standard InChI is InChI=1S/C11H20O/c1-11-7-3-2-4-9(11)5-6-10(12)8-11/h9-10,12H,2-8H2,1H3. The van der Waals surface area contributed by atoms with E-state index >= 15 is 0 Å². The smallest absolute Gasteiger partial charge is 0.0545 e. The summed E-state index contributed by atoms with van der Waals surface area (Å²) < 4.78 is 0. The number of aliphatic hydroxyl groups excluding tert-OH is 1. The molecule has 1 heteroatoms. The van der Waals surface area contributed by atoms with Gasteiger partial charge in [-0.3, -0.25) is 0 Å². The second-order valence-corrected chi connectivity index (χ2v) is 5.03. The summed E-state index contributed by atoms with van der Waals surface area (Å²) in [6, 6.07) is 0. The maximum Gasteiger partial charge on any atom is 0.0545 e. The molecule has 0 aliphatic heterocycles. The van der Waals surface area contributed by atoms with Crippen molar-refractivity contribution in [2.45, 2.75) is 58.0 Å². The topological polar surface area (TPSA) is 20.2 Å². The van der Waals surface area contributed by atoms with Gasteiger partial charge in [-0.1, -0.05) is 19.8 Å². The van der Waals surface area contributed by atoms with Gasteiger partial charge in [0.05, 0.1) is 6.10 Å². The van der Waals surface area contributed by atoms with Crippen LogP contribution < -0.4 is 0 Å². The summed E-state index contributed by atoms with van der Waals surface area (Å²) >= 11 is 0. The third-order valence-electron chi connectivity index (χ3n) is 4.09. The van der Waals surface area contributed by atoms with E-state index in [0.29, 0.717) is 5.41 Å². The average Bonchev–Trinajstić information content (AvgIpc) is 2.02. The zero-order chi connectivity index (χ0) is 8.60. The highest BCUT2D eigenvalue weighted by Crippen LogP contribution is 2.49. The van der Waals surface area contributed by atoms with Crippen LogP contribution in [0.15, 0.2) is 0 Å². The molecule has 0 spiro atoms. The van der Waals surface area contributed by atoms with E-state index < -0.39 is 0 Å². The lowest BCUT2D eigenvalue weighted by atomic mass is 9.60. The van der Waals surface area contributed by atoms with Gasteiger partial charge in [0.25, 0.3) is 0 Å². The molecule has 70 valence electrons. The molecule has 3 atom stereocenters. The Balaban J connectivity index is 2.07. The molecule has 2 saturated carbocycles. The molecule has 12 heavy (non-hydrogen) atoms. The second kappa shape index (κ2) is 3.02. The lowest BCUT2D eigenvalue weighted by Gasteiger charge is -2.46. The first-order valence-corrected chi connectivity index (χ1v) is 5.39. The van der Waals surface area contributed by atoms with Crippen molar-refractivity contribution < 1.29 is 5.11 Å². The van der Waals surface area contributed by atoms with E-state index in [9.17, 15) is 5.11 Å². The molecule has 1 nitrogen and oxygen atoms in total. The van der Waals surface area contributed by atoms with E-state index in [4.69, 9.17) is 0 Å². The van der Waals surface area contributed by atoms with Crippen molar-refractivity contribution in [1.29, 1.82) is 0 Å². The molecule has 2 fully saturated rings. The molecule has 0 saturated heterocycles. The molecule has 0 heterocycles. The summed E-state index contributed by atoms with van der Waals surface area (Å²) in [6.45, 7) is 2.39. The van der Waals surface area contributed by atoms with E-state index in [0.717, 1.165) is 18.8 Å². The zero-order valence-electron chi connectivity index (χ0n) is 8.05. The van der Waals surface area contributed by atoms with Gasteiger partial charge in [-0.25, -0.2) is 0 Å². The number of rotatable bonds is 0. The minimum absolute atomic E-state index is 0.00403. The summed E-state index contributed by atoms with van der Waals surface area (Å²) in [6.07, 6.45) is 8.99. The normalized spacial score (nSPS) is 48.5. The SMILES string of the molecule is CC12CCCCC1CCC(O)C2. The molecular formula is C11H20O. The Hall–Kier alpha value is -0.0400. The fourth-order valence-corrected chi connectivity index (χ4v) is 3.27. The highest BCUT2D eigenvalue weighted by molar-refractivity contribution is 4.91. The van der Waals surface area contributed by atoms with Gasteiger partial charge in [-0.2, -0.15) is 0 Å². The van der Waals surface area contributed by atoms with Crippen molar-refractivity contribution in [3.63, 3.8) is 0 Å². The van der Waals surface area contributed by atoms with Crippen LogP contribution in [0.2, 0.25) is 0 Å². The van der Waals surface area contributed by atoms with Crippen LogP contribution in [-0.4, -0.2) is 11.2 Å². The number of hydrogen-bond acceptors (Lipinski definition) is 1. The lowest BCUT2D eigenvalue weighted by molar-refractivity contribution is -0.0132. The zero-order valence-corrected chi connectivity index (χ0v) is 8.05. The van der Waals surface area contributed by atoms with Crippen molar-refractivity contribution in [3.05, 3.63) is 0 Å². The molecular weight excluding hydrogens is 148 g/mol. The monoisotopic (exact) mass is 168 g/mol. The first kappa shape index (κ1) is 8.55. The molecule has 0 radical (unpaired) electrons. The van der Waals surface area contributed by atoms with Crippen LogP contribution in [-0.2, 0) is 0 Å². The Morgan fingerprint density at radius 3 is 2.83 bits per heavy atom. The second-order valence-electron chi connectivity index (χ2n) is 5.03. The molecule has 2 aliphatic rings. The Kier molecular flexibility index (Phi) is 2.16. The van der Waals surface area contributed by atoms with Crippen LogP contribution >= 0.6 is 0 Å². The number of hydrogen-bond donors (Lipinski definition) is 1. The van der Waals surface area contributed by atoms with Crippen LogP contribution in [0.3, 0.4) is 0 Å². The van der Waals surface area contributed by atoms with Crippen LogP contribution in [0.25, 0.3) is 0 Å². The molecule has 2 rings (SSSR count). The van der Waals surface area contributed by atoms with Crippen molar-refractivity contribution in [2.75, 3.05) is 0 Å². The highest BCUT2D eigenvalue weighted by Gasteiger charge is 2.40. The molecule has 1 N–H and O–H groups in total. The van der Waals surface area contributed by atoms with Gasteiger partial charge in [-0.15, -0.1) is 0 Å². The summed E-state index contributed by atoms with van der Waals surface area (Å²) in [4.78, 5) is 0. The molecule has 2 aliphatic carbocycles. The van der Waals surface area contributed by atoms with Crippen LogP contribution in [0.1, 0.15) is 51.9 Å². The summed E-state index contributed by atoms with van der Waals surface area (Å²) in [5.74, 6) is 0.926. The molecule has 0 aromatic heterocycles. The van der Waals surface area contributed by atoms with E-state index in [2.05, 4.69) is 6.92 Å². The van der Waals surface area contributed by atoms with Gasteiger partial charge in [0.2, 0.25) is 0 Å². The van der Waals surface area contributed by atoms with Gasteiger partial charge >= 0.3 is 0 Å². The third-order valence-corrected chi connectivity index (χ3v) is 4.09. The Bertz CT molecular complexity index is 166. The van der Waals surface area contributed by atoms with E-state index in [1.54, 1.807) is 0 Å². The van der Waals surface area contributed by atoms with Gasteiger partial charge in [-0.05, 0) is 43.4 Å². The lowest BCUT2D eigenvalue weighted by Crippen LogP contribution is -2.38. The fourth-order valence-electron chi connectivity index (χ4n) is 3.27. The van der Waals surface area contributed by atoms with Crippen molar-refractivity contribution in [2.24, 2.45) is 11.3 Å². The molecule has 0 bridgehead atoms. The highest BCUT2D eigenvalue weighted by atomic mass is 16.3. The Morgan fingerprint density at radius 1 is 1.17 bits per heavy atom. The first-order chi connectivity index (χ1) is 5.71. The van der Waals surface area contributed by atoms with E-state index in [-0.39, 0.29) is 6.10 Å². The predicted molar refractivity (Wildman–Crippen MR) is 49.9 cm³/mol. The van der Waals surface area contributed by atoms with Crippen molar-refractivity contribution >= 4 is 0 Å². The summed E-state index contributed by atoms with van der Waals surface area (Å²) in [7, 11) is 0. The largest absolute Gasteiger partial charge is 0.393 e. The van der Waals surface area contributed by atoms with Gasteiger partial charge in [0.15, 0.2) is 0 Å². The molecule has 0 amide bonds. The summed E-state index contributed by atoms with van der Waals surface area (Å²) in [5.41, 5.74) is 0.496. The Morgan fingerprint density at radius 2 is 2.00 bits per heavy atom. The predicted octanol–water partition coefficient (Wildman–Crippen LogP) is 2.73. The van der Waals surface area contributed by atoms with Crippen molar-refractivity contribution in [1.82, 2.24) is 0 Å². The summed E-state index contributed by atoms with van der Waals surface area (Å²) in [5, 5.41) is 9.61. The van der Waals surface area contributed by atoms with Crippen LogP contribution in [0.5, 0.6) is 0 Å². The molecule has 3 unspecified atom stereocenters. The first-order valence-electron chi connectivity index (χ1n) is 5.39. The number of fused-ring (bicyclic) bond motifs is 1. The minimum atomic E-state index is 0.00403. The van der Waals surface area contributed by atoms with E-state index in [1.807, 2.05) is 0 Å².